The lowest BCUT2D eigenvalue weighted by Gasteiger charge is -2.41. The van der Waals surface area contributed by atoms with Crippen LogP contribution in [0.2, 0.25) is 0 Å². The van der Waals surface area contributed by atoms with E-state index in [1.807, 2.05) is 0 Å². The van der Waals surface area contributed by atoms with Crippen molar-refractivity contribution < 1.29 is 0 Å². The molecule has 1 aromatic carbocycles. The number of nitrogens with zero attached hydrogens (tertiary/aromatic N) is 1. The molecule has 0 aromatic heterocycles. The molecule has 86 valence electrons. The van der Waals surface area contributed by atoms with E-state index < -0.39 is 0 Å². The van der Waals surface area contributed by atoms with Crippen LogP contribution in [0.5, 0.6) is 0 Å². The summed E-state index contributed by atoms with van der Waals surface area (Å²) in [6.45, 7) is 4.70. The molecule has 0 amide bonds. The molecule has 0 spiro atoms. The molecule has 1 N–H and O–H groups in total. The molecule has 1 saturated heterocycles. The van der Waals surface area contributed by atoms with E-state index in [4.69, 9.17) is 0 Å². The molecule has 2 aliphatic rings. The first-order valence-electron chi connectivity index (χ1n) is 6.43. The van der Waals surface area contributed by atoms with E-state index in [2.05, 4.69) is 41.4 Å². The van der Waals surface area contributed by atoms with Gasteiger partial charge in [-0.1, -0.05) is 18.2 Å². The highest BCUT2D eigenvalue weighted by Gasteiger charge is 2.30. The van der Waals surface area contributed by atoms with E-state index in [1.165, 1.54) is 37.1 Å². The maximum absolute atomic E-state index is 3.48. The van der Waals surface area contributed by atoms with Crippen LogP contribution >= 0.6 is 0 Å². The third-order valence-corrected chi connectivity index (χ3v) is 4.00. The van der Waals surface area contributed by atoms with Gasteiger partial charge in [-0.3, -0.25) is 0 Å². The summed E-state index contributed by atoms with van der Waals surface area (Å²) in [6, 6.07) is 10.3. The first-order valence-corrected chi connectivity index (χ1v) is 6.43. The second-order valence-electron chi connectivity index (χ2n) is 5.07. The standard InChI is InChI=1S/C14H20N2/c1-11-6-7-12-4-2-3-5-14(12)16(11)13-8-9-15-10-13/h2-5,11,13,15H,6-10H2,1H3. The van der Waals surface area contributed by atoms with Crippen LogP contribution in [-0.4, -0.2) is 25.2 Å². The summed E-state index contributed by atoms with van der Waals surface area (Å²) in [5.74, 6) is 0. The zero-order valence-corrected chi connectivity index (χ0v) is 9.95. The molecule has 2 atom stereocenters. The predicted molar refractivity (Wildman–Crippen MR) is 68.0 cm³/mol. The van der Waals surface area contributed by atoms with Gasteiger partial charge in [-0.05, 0) is 44.4 Å². The number of anilines is 1. The molecule has 2 heteroatoms. The number of para-hydroxylation sites is 1. The topological polar surface area (TPSA) is 15.3 Å². The van der Waals surface area contributed by atoms with Crippen molar-refractivity contribution in [1.29, 1.82) is 0 Å². The van der Waals surface area contributed by atoms with Gasteiger partial charge in [0.15, 0.2) is 0 Å². The van der Waals surface area contributed by atoms with E-state index in [-0.39, 0.29) is 0 Å². The van der Waals surface area contributed by atoms with E-state index >= 15 is 0 Å². The highest BCUT2D eigenvalue weighted by atomic mass is 15.2. The van der Waals surface area contributed by atoms with Gasteiger partial charge >= 0.3 is 0 Å². The Balaban J connectivity index is 1.96. The monoisotopic (exact) mass is 216 g/mol. The summed E-state index contributed by atoms with van der Waals surface area (Å²) in [6.07, 6.45) is 3.83. The van der Waals surface area contributed by atoms with Gasteiger partial charge in [0.25, 0.3) is 0 Å². The van der Waals surface area contributed by atoms with Crippen LogP contribution in [0.15, 0.2) is 24.3 Å². The fourth-order valence-electron chi connectivity index (χ4n) is 3.15. The second-order valence-corrected chi connectivity index (χ2v) is 5.07. The number of hydrogen-bond donors (Lipinski definition) is 1. The van der Waals surface area contributed by atoms with Crippen molar-refractivity contribution in [2.45, 2.75) is 38.3 Å². The van der Waals surface area contributed by atoms with Gasteiger partial charge < -0.3 is 10.2 Å². The number of fused-ring (bicyclic) bond motifs is 1. The normalized spacial score (nSPS) is 29.2. The van der Waals surface area contributed by atoms with Crippen LogP contribution in [0.4, 0.5) is 5.69 Å². The van der Waals surface area contributed by atoms with Gasteiger partial charge in [-0.25, -0.2) is 0 Å². The molecular formula is C14H20N2. The number of aryl methyl sites for hydroxylation is 1. The Kier molecular flexibility index (Phi) is 2.60. The van der Waals surface area contributed by atoms with Gasteiger partial charge in [0.1, 0.15) is 0 Å². The molecular weight excluding hydrogens is 196 g/mol. The molecule has 0 saturated carbocycles. The summed E-state index contributed by atoms with van der Waals surface area (Å²) >= 11 is 0. The first kappa shape index (κ1) is 10.2. The first-order chi connectivity index (χ1) is 7.86. The molecule has 1 aromatic rings. The fourth-order valence-corrected chi connectivity index (χ4v) is 3.15. The van der Waals surface area contributed by atoms with Crippen molar-refractivity contribution in [1.82, 2.24) is 5.32 Å². The van der Waals surface area contributed by atoms with Gasteiger partial charge in [-0.15, -0.1) is 0 Å². The molecule has 2 aliphatic heterocycles. The van der Waals surface area contributed by atoms with Crippen molar-refractivity contribution in [2.75, 3.05) is 18.0 Å². The SMILES string of the molecule is CC1CCc2ccccc2N1C1CCNC1. The Bertz CT molecular complexity index is 369. The van der Waals surface area contributed by atoms with Crippen LogP contribution in [0.25, 0.3) is 0 Å². The molecule has 3 rings (SSSR count). The van der Waals surface area contributed by atoms with Gasteiger partial charge in [0.2, 0.25) is 0 Å². The number of hydrogen-bond acceptors (Lipinski definition) is 2. The quantitative estimate of drug-likeness (QED) is 0.774. The van der Waals surface area contributed by atoms with Crippen LogP contribution in [0, 0.1) is 0 Å². The summed E-state index contributed by atoms with van der Waals surface area (Å²) in [4.78, 5) is 2.65. The molecule has 16 heavy (non-hydrogen) atoms. The molecule has 2 unspecified atom stereocenters. The van der Waals surface area contributed by atoms with Crippen molar-refractivity contribution in [3.05, 3.63) is 29.8 Å². The van der Waals surface area contributed by atoms with Gasteiger partial charge in [0.05, 0.1) is 0 Å². The Morgan fingerprint density at radius 3 is 2.94 bits per heavy atom. The zero-order valence-electron chi connectivity index (χ0n) is 9.95. The zero-order chi connectivity index (χ0) is 11.0. The lowest BCUT2D eigenvalue weighted by atomic mass is 9.94. The molecule has 0 bridgehead atoms. The summed E-state index contributed by atoms with van der Waals surface area (Å²) in [5, 5.41) is 3.48. The minimum Gasteiger partial charge on any atom is -0.364 e. The largest absolute Gasteiger partial charge is 0.364 e. The second kappa shape index (κ2) is 4.10. The third kappa shape index (κ3) is 1.61. The average molecular weight is 216 g/mol. The van der Waals surface area contributed by atoms with E-state index in [9.17, 15) is 0 Å². The van der Waals surface area contributed by atoms with Crippen molar-refractivity contribution in [2.24, 2.45) is 0 Å². The van der Waals surface area contributed by atoms with Gasteiger partial charge in [-0.2, -0.15) is 0 Å². The lowest BCUT2D eigenvalue weighted by Crippen LogP contribution is -2.45. The lowest BCUT2D eigenvalue weighted by molar-refractivity contribution is 0.500. The maximum Gasteiger partial charge on any atom is 0.0429 e. The highest BCUT2D eigenvalue weighted by molar-refractivity contribution is 5.57. The fraction of sp³-hybridized carbons (Fsp3) is 0.571. The molecule has 2 heterocycles. The van der Waals surface area contributed by atoms with E-state index in [0.29, 0.717) is 12.1 Å². The van der Waals surface area contributed by atoms with Crippen LogP contribution in [0.3, 0.4) is 0 Å². The number of rotatable bonds is 1. The molecule has 2 nitrogen and oxygen atoms in total. The summed E-state index contributed by atoms with van der Waals surface area (Å²) in [5.41, 5.74) is 3.02. The number of nitrogens with one attached hydrogen (secondary N) is 1. The van der Waals surface area contributed by atoms with Crippen LogP contribution in [0.1, 0.15) is 25.3 Å². The molecule has 1 fully saturated rings. The van der Waals surface area contributed by atoms with Crippen molar-refractivity contribution in [3.8, 4) is 0 Å². The Labute approximate surface area is 97.6 Å². The third-order valence-electron chi connectivity index (χ3n) is 4.00. The van der Waals surface area contributed by atoms with Crippen LogP contribution in [-0.2, 0) is 6.42 Å². The Morgan fingerprint density at radius 2 is 2.12 bits per heavy atom. The Morgan fingerprint density at radius 1 is 1.25 bits per heavy atom. The van der Waals surface area contributed by atoms with Crippen molar-refractivity contribution >= 4 is 5.69 Å². The molecule has 0 radical (unpaired) electrons. The summed E-state index contributed by atoms with van der Waals surface area (Å²) in [7, 11) is 0. The molecule has 0 aliphatic carbocycles. The van der Waals surface area contributed by atoms with Crippen molar-refractivity contribution in [3.63, 3.8) is 0 Å². The smallest absolute Gasteiger partial charge is 0.0429 e. The maximum atomic E-state index is 3.48. The highest BCUT2D eigenvalue weighted by Crippen LogP contribution is 2.33. The minimum absolute atomic E-state index is 0.694. The number of benzene rings is 1. The van der Waals surface area contributed by atoms with Gasteiger partial charge in [0, 0.05) is 24.3 Å². The summed E-state index contributed by atoms with van der Waals surface area (Å²) < 4.78 is 0. The minimum atomic E-state index is 0.694. The Hall–Kier alpha value is -1.02. The van der Waals surface area contributed by atoms with E-state index in [0.717, 1.165) is 6.54 Å². The predicted octanol–water partition coefficient (Wildman–Crippen LogP) is 2.19. The van der Waals surface area contributed by atoms with E-state index in [1.54, 1.807) is 0 Å². The van der Waals surface area contributed by atoms with Crippen LogP contribution < -0.4 is 10.2 Å². The average Bonchev–Trinajstić information content (AvgIpc) is 2.82.